The van der Waals surface area contributed by atoms with E-state index in [-0.39, 0.29) is 23.9 Å². The smallest absolute Gasteiger partial charge is 0.254 e. The van der Waals surface area contributed by atoms with Crippen molar-refractivity contribution in [1.82, 2.24) is 15.1 Å². The second kappa shape index (κ2) is 10.5. The third-order valence-corrected chi connectivity index (χ3v) is 7.07. The van der Waals surface area contributed by atoms with E-state index in [1.807, 2.05) is 18.2 Å². The fraction of sp³-hybridized carbons (Fsp3) is 0.440. The van der Waals surface area contributed by atoms with Crippen molar-refractivity contribution in [1.29, 1.82) is 0 Å². The lowest BCUT2D eigenvalue weighted by Gasteiger charge is -2.39. The number of amides is 2. The SMILES string of the molecule is CC(CNC(=O)C1CCCN1C(=O)c1ccc(Br)cc1)N1CCN(c2ccccc2)CC1. The third-order valence-electron chi connectivity index (χ3n) is 6.54. The average Bonchev–Trinajstić information content (AvgIpc) is 3.33. The van der Waals surface area contributed by atoms with Crippen molar-refractivity contribution < 1.29 is 9.59 Å². The summed E-state index contributed by atoms with van der Waals surface area (Å²) in [4.78, 5) is 32.4. The molecule has 0 spiro atoms. The summed E-state index contributed by atoms with van der Waals surface area (Å²) in [5, 5.41) is 3.11. The molecule has 2 amide bonds. The van der Waals surface area contributed by atoms with Gasteiger partial charge in [0.1, 0.15) is 6.04 Å². The van der Waals surface area contributed by atoms with Crippen molar-refractivity contribution >= 4 is 33.4 Å². The van der Waals surface area contributed by atoms with Gasteiger partial charge in [0.05, 0.1) is 0 Å². The molecule has 1 N–H and O–H groups in total. The number of piperazine rings is 1. The van der Waals surface area contributed by atoms with Gasteiger partial charge in [0.2, 0.25) is 5.91 Å². The van der Waals surface area contributed by atoms with E-state index in [0.29, 0.717) is 18.7 Å². The van der Waals surface area contributed by atoms with Gasteiger partial charge in [0.15, 0.2) is 0 Å². The minimum absolute atomic E-state index is 0.0391. The Morgan fingerprint density at radius 1 is 1.00 bits per heavy atom. The van der Waals surface area contributed by atoms with Gasteiger partial charge in [-0.25, -0.2) is 0 Å². The van der Waals surface area contributed by atoms with Crippen LogP contribution in [0.4, 0.5) is 5.69 Å². The highest BCUT2D eigenvalue weighted by molar-refractivity contribution is 9.10. The van der Waals surface area contributed by atoms with Crippen LogP contribution in [-0.4, -0.2) is 73.0 Å². The molecule has 2 aliphatic rings. The summed E-state index contributed by atoms with van der Waals surface area (Å²) in [6.07, 6.45) is 1.58. The molecule has 2 aromatic carbocycles. The second-order valence-corrected chi connectivity index (χ2v) is 9.53. The van der Waals surface area contributed by atoms with Gasteiger partial charge in [-0.15, -0.1) is 0 Å². The van der Waals surface area contributed by atoms with Crippen LogP contribution in [0.5, 0.6) is 0 Å². The first-order chi connectivity index (χ1) is 15.5. The van der Waals surface area contributed by atoms with E-state index in [1.165, 1.54) is 5.69 Å². The molecule has 2 aromatic rings. The first-order valence-electron chi connectivity index (χ1n) is 11.4. The zero-order valence-corrected chi connectivity index (χ0v) is 20.1. The maximum absolute atomic E-state index is 12.9. The number of carbonyl (C=O) groups excluding carboxylic acids is 2. The Hall–Kier alpha value is -2.38. The Bertz CT molecular complexity index is 913. The zero-order chi connectivity index (χ0) is 22.5. The average molecular weight is 499 g/mol. The summed E-state index contributed by atoms with van der Waals surface area (Å²) in [7, 11) is 0. The molecule has 0 bridgehead atoms. The van der Waals surface area contributed by atoms with E-state index in [4.69, 9.17) is 0 Å². The Morgan fingerprint density at radius 3 is 2.38 bits per heavy atom. The van der Waals surface area contributed by atoms with E-state index < -0.39 is 0 Å². The first-order valence-corrected chi connectivity index (χ1v) is 12.2. The molecule has 32 heavy (non-hydrogen) atoms. The predicted octanol–water partition coefficient (Wildman–Crippen LogP) is 3.38. The molecule has 2 fully saturated rings. The molecule has 2 heterocycles. The van der Waals surface area contributed by atoms with Gasteiger partial charge in [0.25, 0.3) is 5.91 Å². The van der Waals surface area contributed by atoms with Crippen molar-refractivity contribution in [2.45, 2.75) is 31.8 Å². The molecule has 2 atom stereocenters. The van der Waals surface area contributed by atoms with Crippen LogP contribution in [0.15, 0.2) is 59.1 Å². The molecule has 2 aliphatic heterocycles. The van der Waals surface area contributed by atoms with Gasteiger partial charge < -0.3 is 15.1 Å². The number of carbonyl (C=O) groups is 2. The summed E-state index contributed by atoms with van der Waals surface area (Å²) in [5.74, 6) is -0.108. The van der Waals surface area contributed by atoms with E-state index in [2.05, 4.69) is 62.2 Å². The molecule has 7 heteroatoms. The number of rotatable bonds is 6. The summed E-state index contributed by atoms with van der Waals surface area (Å²) in [6, 6.07) is 17.7. The van der Waals surface area contributed by atoms with Crippen LogP contribution in [0.25, 0.3) is 0 Å². The van der Waals surface area contributed by atoms with E-state index in [0.717, 1.165) is 43.5 Å². The van der Waals surface area contributed by atoms with Crippen molar-refractivity contribution in [3.05, 3.63) is 64.6 Å². The number of halogens is 1. The molecule has 6 nitrogen and oxygen atoms in total. The van der Waals surface area contributed by atoms with Gasteiger partial charge >= 0.3 is 0 Å². The molecular formula is C25H31BrN4O2. The van der Waals surface area contributed by atoms with Crippen LogP contribution in [0.3, 0.4) is 0 Å². The van der Waals surface area contributed by atoms with Crippen molar-refractivity contribution in [3.63, 3.8) is 0 Å². The molecule has 0 radical (unpaired) electrons. The Morgan fingerprint density at radius 2 is 1.69 bits per heavy atom. The van der Waals surface area contributed by atoms with Gasteiger partial charge in [-0.05, 0) is 56.2 Å². The quantitative estimate of drug-likeness (QED) is 0.663. The number of nitrogens with zero attached hydrogens (tertiary/aromatic N) is 3. The number of para-hydroxylation sites is 1. The van der Waals surface area contributed by atoms with E-state index in [9.17, 15) is 9.59 Å². The molecule has 2 saturated heterocycles. The van der Waals surface area contributed by atoms with Gasteiger partial charge in [0, 0.05) is 61.0 Å². The number of benzene rings is 2. The van der Waals surface area contributed by atoms with Crippen LogP contribution in [0.2, 0.25) is 0 Å². The minimum atomic E-state index is -0.381. The molecule has 0 aromatic heterocycles. The summed E-state index contributed by atoms with van der Waals surface area (Å²) >= 11 is 3.40. The Labute approximate surface area is 198 Å². The Balaban J connectivity index is 1.26. The van der Waals surface area contributed by atoms with Crippen molar-refractivity contribution in [3.8, 4) is 0 Å². The molecule has 0 aliphatic carbocycles. The molecule has 170 valence electrons. The van der Waals surface area contributed by atoms with E-state index in [1.54, 1.807) is 17.0 Å². The maximum atomic E-state index is 12.9. The monoisotopic (exact) mass is 498 g/mol. The van der Waals surface area contributed by atoms with Crippen LogP contribution in [0, 0.1) is 0 Å². The van der Waals surface area contributed by atoms with E-state index >= 15 is 0 Å². The highest BCUT2D eigenvalue weighted by atomic mass is 79.9. The number of nitrogens with one attached hydrogen (secondary N) is 1. The highest BCUT2D eigenvalue weighted by Crippen LogP contribution is 2.22. The van der Waals surface area contributed by atoms with Crippen LogP contribution < -0.4 is 10.2 Å². The molecule has 4 rings (SSSR count). The number of hydrogen-bond acceptors (Lipinski definition) is 4. The lowest BCUT2D eigenvalue weighted by atomic mass is 10.1. The number of hydrogen-bond donors (Lipinski definition) is 1. The lowest BCUT2D eigenvalue weighted by Crippen LogP contribution is -2.54. The van der Waals surface area contributed by atoms with Crippen LogP contribution in [0.1, 0.15) is 30.1 Å². The summed E-state index contributed by atoms with van der Waals surface area (Å²) < 4.78 is 0.934. The highest BCUT2D eigenvalue weighted by Gasteiger charge is 2.34. The summed E-state index contributed by atoms with van der Waals surface area (Å²) in [6.45, 7) is 7.32. The summed E-state index contributed by atoms with van der Waals surface area (Å²) in [5.41, 5.74) is 1.89. The first kappa shape index (κ1) is 22.8. The Kier molecular flexibility index (Phi) is 7.48. The fourth-order valence-corrected chi connectivity index (χ4v) is 4.86. The van der Waals surface area contributed by atoms with Crippen molar-refractivity contribution in [2.24, 2.45) is 0 Å². The molecule has 2 unspecified atom stereocenters. The topological polar surface area (TPSA) is 55.9 Å². The van der Waals surface area contributed by atoms with Crippen molar-refractivity contribution in [2.75, 3.05) is 44.2 Å². The van der Waals surface area contributed by atoms with Gasteiger partial charge in [-0.1, -0.05) is 34.1 Å². The number of anilines is 1. The largest absolute Gasteiger partial charge is 0.369 e. The van der Waals surface area contributed by atoms with Gasteiger partial charge in [-0.2, -0.15) is 0 Å². The third kappa shape index (κ3) is 5.33. The fourth-order valence-electron chi connectivity index (χ4n) is 4.60. The normalized spacial score (nSPS) is 20.2. The number of likely N-dealkylation sites (tertiary alicyclic amines) is 1. The maximum Gasteiger partial charge on any atom is 0.254 e. The zero-order valence-electron chi connectivity index (χ0n) is 18.5. The molecular weight excluding hydrogens is 468 g/mol. The van der Waals surface area contributed by atoms with Crippen LogP contribution in [-0.2, 0) is 4.79 Å². The second-order valence-electron chi connectivity index (χ2n) is 8.62. The van der Waals surface area contributed by atoms with Gasteiger partial charge in [-0.3, -0.25) is 14.5 Å². The lowest BCUT2D eigenvalue weighted by molar-refractivity contribution is -0.125. The predicted molar refractivity (Wildman–Crippen MR) is 131 cm³/mol. The van der Waals surface area contributed by atoms with Crippen LogP contribution >= 0.6 is 15.9 Å². The standard InChI is InChI=1S/C25H31BrN4O2/c1-19(28-14-16-29(17-15-28)22-6-3-2-4-7-22)18-27-24(31)23-8-5-13-30(23)25(32)20-9-11-21(26)12-10-20/h2-4,6-7,9-12,19,23H,5,8,13-18H2,1H3,(H,27,31). The minimum Gasteiger partial charge on any atom is -0.369 e. The molecule has 0 saturated carbocycles.